The molecule has 0 radical (unpaired) electrons. The molecule has 7 nitrogen and oxygen atoms in total. The highest BCUT2D eigenvalue weighted by Crippen LogP contribution is 2.22. The minimum absolute atomic E-state index is 0.0198. The maximum absolute atomic E-state index is 12.5. The molecule has 3 heterocycles. The summed E-state index contributed by atoms with van der Waals surface area (Å²) in [5.74, 6) is 0.786. The topological polar surface area (TPSA) is 88.3 Å². The van der Waals surface area contributed by atoms with Gasteiger partial charge < -0.3 is 14.7 Å². The van der Waals surface area contributed by atoms with Gasteiger partial charge in [0.15, 0.2) is 0 Å². The number of amides is 2. The first-order chi connectivity index (χ1) is 13.7. The van der Waals surface area contributed by atoms with Crippen LogP contribution in [0.1, 0.15) is 29.1 Å². The molecule has 1 aromatic carbocycles. The Morgan fingerprint density at radius 1 is 1.14 bits per heavy atom. The summed E-state index contributed by atoms with van der Waals surface area (Å²) < 4.78 is 5.20. The summed E-state index contributed by atoms with van der Waals surface area (Å²) >= 11 is 1.53. The molecule has 8 heteroatoms. The van der Waals surface area contributed by atoms with Crippen LogP contribution in [-0.2, 0) is 11.3 Å². The Morgan fingerprint density at radius 3 is 2.64 bits per heavy atom. The molecule has 1 N–H and O–H groups in total. The van der Waals surface area contributed by atoms with Crippen LogP contribution in [0, 0.1) is 5.92 Å². The van der Waals surface area contributed by atoms with Gasteiger partial charge in [0.2, 0.25) is 17.6 Å². The largest absolute Gasteiger partial charge is 0.347 e. The number of hydrogen-bond donors (Lipinski definition) is 1. The van der Waals surface area contributed by atoms with Crippen molar-refractivity contribution in [3.63, 3.8) is 0 Å². The molecule has 144 valence electrons. The fourth-order valence-electron chi connectivity index (χ4n) is 3.25. The smallest absolute Gasteiger partial charge is 0.253 e. The van der Waals surface area contributed by atoms with Crippen molar-refractivity contribution in [2.45, 2.75) is 19.4 Å². The lowest BCUT2D eigenvalue weighted by Gasteiger charge is -2.31. The second-order valence-corrected chi connectivity index (χ2v) is 7.59. The molecular formula is C20H20N4O3S. The second kappa shape index (κ2) is 8.35. The lowest BCUT2D eigenvalue weighted by atomic mass is 9.95. The zero-order valence-electron chi connectivity index (χ0n) is 15.2. The number of nitrogens with one attached hydrogen (secondary N) is 1. The number of thiophene rings is 1. The zero-order valence-corrected chi connectivity index (χ0v) is 16.0. The molecule has 1 aliphatic heterocycles. The minimum Gasteiger partial charge on any atom is -0.347 e. The summed E-state index contributed by atoms with van der Waals surface area (Å²) in [6.07, 6.45) is 1.30. The minimum atomic E-state index is -0.112. The summed E-state index contributed by atoms with van der Waals surface area (Å²) in [5, 5.41) is 8.75. The van der Waals surface area contributed by atoms with E-state index in [1.165, 1.54) is 11.3 Å². The van der Waals surface area contributed by atoms with Crippen molar-refractivity contribution in [1.82, 2.24) is 20.4 Å². The SMILES string of the molecule is O=C(NCc1nc(-c2cccs2)no1)C1CCN(C(=O)c2ccccc2)CC1. The van der Waals surface area contributed by atoms with E-state index in [1.54, 1.807) is 0 Å². The van der Waals surface area contributed by atoms with Crippen LogP contribution in [-0.4, -0.2) is 39.9 Å². The van der Waals surface area contributed by atoms with Gasteiger partial charge in [-0.1, -0.05) is 29.4 Å². The average molecular weight is 396 g/mol. The maximum Gasteiger partial charge on any atom is 0.253 e. The molecule has 0 aliphatic carbocycles. The highest BCUT2D eigenvalue weighted by atomic mass is 32.1. The molecule has 0 saturated carbocycles. The van der Waals surface area contributed by atoms with E-state index in [1.807, 2.05) is 52.7 Å². The van der Waals surface area contributed by atoms with Gasteiger partial charge >= 0.3 is 0 Å². The fourth-order valence-corrected chi connectivity index (χ4v) is 3.90. The van der Waals surface area contributed by atoms with E-state index in [-0.39, 0.29) is 24.3 Å². The van der Waals surface area contributed by atoms with Gasteiger partial charge in [-0.05, 0) is 36.4 Å². The Bertz CT molecular complexity index is 932. The van der Waals surface area contributed by atoms with Gasteiger partial charge in [0.05, 0.1) is 11.4 Å². The van der Waals surface area contributed by atoms with Gasteiger partial charge in [0.1, 0.15) is 0 Å². The third-order valence-corrected chi connectivity index (χ3v) is 5.66. The summed E-state index contributed by atoms with van der Waals surface area (Å²) in [6.45, 7) is 1.37. The molecular weight excluding hydrogens is 376 g/mol. The van der Waals surface area contributed by atoms with Gasteiger partial charge in [-0.3, -0.25) is 9.59 Å². The molecule has 28 heavy (non-hydrogen) atoms. The first kappa shape index (κ1) is 18.4. The van der Waals surface area contributed by atoms with E-state index in [0.29, 0.717) is 43.2 Å². The van der Waals surface area contributed by atoms with Gasteiger partial charge in [0.25, 0.3) is 5.91 Å². The fraction of sp³-hybridized carbons (Fsp3) is 0.300. The number of carbonyl (C=O) groups excluding carboxylic acids is 2. The highest BCUT2D eigenvalue weighted by Gasteiger charge is 2.28. The van der Waals surface area contributed by atoms with E-state index in [0.717, 1.165) is 4.88 Å². The molecule has 1 saturated heterocycles. The quantitative estimate of drug-likeness (QED) is 0.716. The number of nitrogens with zero attached hydrogens (tertiary/aromatic N) is 3. The molecule has 0 bridgehead atoms. The van der Waals surface area contributed by atoms with E-state index >= 15 is 0 Å². The van der Waals surface area contributed by atoms with E-state index < -0.39 is 0 Å². The number of hydrogen-bond acceptors (Lipinski definition) is 6. The molecule has 0 spiro atoms. The Labute approximate surface area is 166 Å². The van der Waals surface area contributed by atoms with Gasteiger partial charge in [-0.25, -0.2) is 0 Å². The third kappa shape index (κ3) is 4.12. The van der Waals surface area contributed by atoms with E-state index in [4.69, 9.17) is 4.52 Å². The maximum atomic E-state index is 12.5. The number of aromatic nitrogens is 2. The van der Waals surface area contributed by atoms with Gasteiger partial charge in [-0.15, -0.1) is 11.3 Å². The van der Waals surface area contributed by atoms with Crippen LogP contribution in [0.25, 0.3) is 10.7 Å². The Morgan fingerprint density at radius 2 is 1.93 bits per heavy atom. The van der Waals surface area contributed by atoms with Crippen molar-refractivity contribution in [3.8, 4) is 10.7 Å². The molecule has 2 amide bonds. The van der Waals surface area contributed by atoms with Gasteiger partial charge in [0, 0.05) is 24.6 Å². The number of rotatable bonds is 5. The monoisotopic (exact) mass is 396 g/mol. The standard InChI is InChI=1S/C20H20N4O3S/c25-19(21-13-17-22-18(23-27-17)16-7-4-12-28-16)14-8-10-24(11-9-14)20(26)15-5-2-1-3-6-15/h1-7,12,14H,8-11,13H2,(H,21,25). The number of carbonyl (C=O) groups is 2. The summed E-state index contributed by atoms with van der Waals surface area (Å²) in [6, 6.07) is 13.1. The van der Waals surface area contributed by atoms with Crippen LogP contribution < -0.4 is 5.32 Å². The number of piperidine rings is 1. The Hall–Kier alpha value is -3.00. The zero-order chi connectivity index (χ0) is 19.3. The number of likely N-dealkylation sites (tertiary alicyclic amines) is 1. The second-order valence-electron chi connectivity index (χ2n) is 6.64. The lowest BCUT2D eigenvalue weighted by Crippen LogP contribution is -2.42. The predicted octanol–water partition coefficient (Wildman–Crippen LogP) is 2.97. The molecule has 2 aromatic heterocycles. The van der Waals surface area contributed by atoms with Crippen LogP contribution in [0.5, 0.6) is 0 Å². The summed E-state index contributed by atoms with van der Waals surface area (Å²) in [7, 11) is 0. The molecule has 1 fully saturated rings. The van der Waals surface area contributed by atoms with Crippen molar-refractivity contribution in [2.75, 3.05) is 13.1 Å². The van der Waals surface area contributed by atoms with Gasteiger partial charge in [-0.2, -0.15) is 4.98 Å². The predicted molar refractivity (Wildman–Crippen MR) is 105 cm³/mol. The number of benzene rings is 1. The van der Waals surface area contributed by atoms with Crippen molar-refractivity contribution >= 4 is 23.2 Å². The Balaban J connectivity index is 1.26. The lowest BCUT2D eigenvalue weighted by molar-refractivity contribution is -0.126. The van der Waals surface area contributed by atoms with Crippen LogP contribution in [0.15, 0.2) is 52.4 Å². The average Bonchev–Trinajstić information content (AvgIpc) is 3.44. The summed E-state index contributed by atoms with van der Waals surface area (Å²) in [5.41, 5.74) is 0.684. The summed E-state index contributed by atoms with van der Waals surface area (Å²) in [4.78, 5) is 32.0. The van der Waals surface area contributed by atoms with Crippen LogP contribution in [0.3, 0.4) is 0 Å². The first-order valence-electron chi connectivity index (χ1n) is 9.19. The van der Waals surface area contributed by atoms with Crippen molar-refractivity contribution in [3.05, 3.63) is 59.3 Å². The van der Waals surface area contributed by atoms with Crippen molar-refractivity contribution in [2.24, 2.45) is 5.92 Å². The van der Waals surface area contributed by atoms with E-state index in [9.17, 15) is 9.59 Å². The molecule has 3 aromatic rings. The van der Waals surface area contributed by atoms with Crippen molar-refractivity contribution < 1.29 is 14.1 Å². The molecule has 1 aliphatic rings. The molecule has 0 atom stereocenters. The molecule has 0 unspecified atom stereocenters. The Kier molecular flexibility index (Phi) is 5.48. The van der Waals surface area contributed by atoms with Crippen LogP contribution >= 0.6 is 11.3 Å². The van der Waals surface area contributed by atoms with E-state index in [2.05, 4.69) is 15.5 Å². The normalized spacial score (nSPS) is 14.8. The van der Waals surface area contributed by atoms with Crippen LogP contribution in [0.2, 0.25) is 0 Å². The van der Waals surface area contributed by atoms with Crippen molar-refractivity contribution in [1.29, 1.82) is 0 Å². The third-order valence-electron chi connectivity index (χ3n) is 4.80. The highest BCUT2D eigenvalue weighted by molar-refractivity contribution is 7.13. The van der Waals surface area contributed by atoms with Crippen LogP contribution in [0.4, 0.5) is 0 Å². The molecule has 4 rings (SSSR count). The first-order valence-corrected chi connectivity index (χ1v) is 10.1.